The molecule has 0 fully saturated rings. The van der Waals surface area contributed by atoms with E-state index in [0.29, 0.717) is 0 Å². The summed E-state index contributed by atoms with van der Waals surface area (Å²) in [5.41, 5.74) is 0. The summed E-state index contributed by atoms with van der Waals surface area (Å²) < 4.78 is 2.81. The molecule has 0 saturated heterocycles. The van der Waals surface area contributed by atoms with Crippen LogP contribution in [0.2, 0.25) is 31.7 Å². The molecule has 0 aromatic carbocycles. The van der Waals surface area contributed by atoms with Crippen molar-refractivity contribution in [3.8, 4) is 0 Å². The first-order valence-corrected chi connectivity index (χ1v) is 11.4. The highest BCUT2D eigenvalue weighted by molar-refractivity contribution is 6.84. The Kier molecular flexibility index (Phi) is 6.17. The second-order valence-electron chi connectivity index (χ2n) is 4.70. The second-order valence-corrected chi connectivity index (χ2v) is 12.9. The van der Waals surface area contributed by atoms with Crippen LogP contribution >= 0.6 is 0 Å². The minimum Gasteiger partial charge on any atom is -0.351 e. The Hall–Kier alpha value is 0.394. The van der Waals surface area contributed by atoms with Crippen molar-refractivity contribution >= 4 is 17.2 Å². The van der Waals surface area contributed by atoms with Gasteiger partial charge in [0.25, 0.3) is 0 Å². The van der Waals surface area contributed by atoms with Gasteiger partial charge in [-0.05, 0) is 19.1 Å². The molecule has 1 nitrogen and oxygen atoms in total. The van der Waals surface area contributed by atoms with Crippen LogP contribution in [0.25, 0.3) is 0 Å². The Balaban J connectivity index is 4.36. The van der Waals surface area contributed by atoms with Crippen molar-refractivity contribution < 1.29 is 0 Å². The van der Waals surface area contributed by atoms with E-state index in [4.69, 9.17) is 0 Å². The normalized spacial score (nSPS) is 12.9. The highest BCUT2D eigenvalue weighted by atomic mass is 28.4. The molecule has 0 bridgehead atoms. The molecule has 0 saturated carbocycles. The van der Waals surface area contributed by atoms with E-state index in [0.717, 1.165) is 0 Å². The van der Waals surface area contributed by atoms with E-state index < -0.39 is 17.2 Å². The summed E-state index contributed by atoms with van der Waals surface area (Å²) >= 11 is 0. The van der Waals surface area contributed by atoms with Gasteiger partial charge in [0.15, 0.2) is 0 Å². The average Bonchev–Trinajstić information content (AvgIpc) is 2.03. The highest BCUT2D eigenvalue weighted by Crippen LogP contribution is 2.23. The lowest BCUT2D eigenvalue weighted by atomic mass is 10.6. The Morgan fingerprint density at radius 1 is 1.08 bits per heavy atom. The van der Waals surface area contributed by atoms with Crippen LogP contribution in [0, 0.1) is 0 Å². The van der Waals surface area contributed by atoms with E-state index in [1.165, 1.54) is 24.9 Å². The van der Waals surface area contributed by atoms with Crippen LogP contribution in [0.4, 0.5) is 0 Å². The molecule has 0 N–H and O–H groups in total. The average molecular weight is 218 g/mol. The SMILES string of the molecule is CCC[Si](C)(CCC)N(C)[SiH](C)C. The van der Waals surface area contributed by atoms with Crippen LogP contribution in [0.5, 0.6) is 0 Å². The standard InChI is InChI=1S/C10H27NSi2/c1-7-9-13(6,10-8-2)11(3)12(4)5/h12H,7-10H2,1-6H3. The number of rotatable bonds is 6. The second kappa shape index (κ2) is 5.99. The van der Waals surface area contributed by atoms with Gasteiger partial charge in [-0.2, -0.15) is 0 Å². The summed E-state index contributed by atoms with van der Waals surface area (Å²) in [5.74, 6) is 0. The van der Waals surface area contributed by atoms with E-state index in [1.54, 1.807) is 0 Å². The van der Waals surface area contributed by atoms with Gasteiger partial charge in [-0.3, -0.25) is 0 Å². The first kappa shape index (κ1) is 13.4. The lowest BCUT2D eigenvalue weighted by Gasteiger charge is -2.39. The van der Waals surface area contributed by atoms with E-state index in [1.807, 2.05) is 0 Å². The smallest absolute Gasteiger partial charge is 0.118 e. The summed E-state index contributed by atoms with van der Waals surface area (Å²) in [6.45, 7) is 12.1. The molecule has 80 valence electrons. The van der Waals surface area contributed by atoms with Gasteiger partial charge in [0.05, 0.1) is 8.96 Å². The zero-order valence-corrected chi connectivity index (χ0v) is 12.5. The molecule has 0 heterocycles. The quantitative estimate of drug-likeness (QED) is 0.617. The maximum absolute atomic E-state index is 2.81. The van der Waals surface area contributed by atoms with Gasteiger partial charge in [0, 0.05) is 0 Å². The summed E-state index contributed by atoms with van der Waals surface area (Å²) in [5, 5.41) is 0. The first-order valence-electron chi connectivity index (χ1n) is 5.71. The molecule has 0 aromatic heterocycles. The Bertz CT molecular complexity index is 131. The van der Waals surface area contributed by atoms with Crippen LogP contribution in [0.1, 0.15) is 26.7 Å². The monoisotopic (exact) mass is 217 g/mol. The molecule has 0 aromatic rings. The van der Waals surface area contributed by atoms with Gasteiger partial charge in [-0.15, -0.1) is 0 Å². The zero-order chi connectivity index (χ0) is 10.5. The molecule has 0 rings (SSSR count). The molecular formula is C10H27NSi2. The fourth-order valence-electron chi connectivity index (χ4n) is 2.18. The predicted octanol–water partition coefficient (Wildman–Crippen LogP) is 3.30. The van der Waals surface area contributed by atoms with Gasteiger partial charge in [-0.25, -0.2) is 0 Å². The third-order valence-electron chi connectivity index (χ3n) is 3.20. The molecule has 0 atom stereocenters. The molecule has 0 spiro atoms. The fourth-order valence-corrected chi connectivity index (χ4v) is 11.0. The number of hydrogen-bond donors (Lipinski definition) is 0. The van der Waals surface area contributed by atoms with Gasteiger partial charge in [0.2, 0.25) is 0 Å². The highest BCUT2D eigenvalue weighted by Gasteiger charge is 2.31. The van der Waals surface area contributed by atoms with Crippen LogP contribution < -0.4 is 0 Å². The van der Waals surface area contributed by atoms with Crippen molar-refractivity contribution in [2.24, 2.45) is 0 Å². The van der Waals surface area contributed by atoms with Crippen LogP contribution in [-0.2, 0) is 0 Å². The Morgan fingerprint density at radius 2 is 1.46 bits per heavy atom. The van der Waals surface area contributed by atoms with Gasteiger partial charge >= 0.3 is 0 Å². The van der Waals surface area contributed by atoms with Crippen molar-refractivity contribution in [3.05, 3.63) is 0 Å². The Labute approximate surface area is 87.3 Å². The Morgan fingerprint density at radius 3 is 1.69 bits per heavy atom. The third kappa shape index (κ3) is 3.96. The molecule has 0 aliphatic heterocycles. The molecule has 13 heavy (non-hydrogen) atoms. The van der Waals surface area contributed by atoms with Crippen molar-refractivity contribution in [2.75, 3.05) is 7.05 Å². The van der Waals surface area contributed by atoms with E-state index in [2.05, 4.69) is 44.8 Å². The van der Waals surface area contributed by atoms with Gasteiger partial charge < -0.3 is 4.23 Å². The van der Waals surface area contributed by atoms with Gasteiger partial charge in [-0.1, -0.05) is 46.3 Å². The van der Waals surface area contributed by atoms with E-state index >= 15 is 0 Å². The van der Waals surface area contributed by atoms with Crippen LogP contribution in [0.3, 0.4) is 0 Å². The topological polar surface area (TPSA) is 3.24 Å². The predicted molar refractivity (Wildman–Crippen MR) is 68.5 cm³/mol. The van der Waals surface area contributed by atoms with E-state index in [9.17, 15) is 0 Å². The number of nitrogens with zero attached hydrogens (tertiary/aromatic N) is 1. The summed E-state index contributed by atoms with van der Waals surface area (Å²) in [6, 6.07) is 2.98. The molecule has 0 radical (unpaired) electrons. The molecule has 0 amide bonds. The van der Waals surface area contributed by atoms with E-state index in [-0.39, 0.29) is 0 Å². The molecular weight excluding hydrogens is 190 g/mol. The van der Waals surface area contributed by atoms with Crippen molar-refractivity contribution in [3.63, 3.8) is 0 Å². The molecule has 0 aliphatic rings. The fraction of sp³-hybridized carbons (Fsp3) is 1.00. The summed E-state index contributed by atoms with van der Waals surface area (Å²) in [4.78, 5) is 0. The third-order valence-corrected chi connectivity index (χ3v) is 13.0. The first-order chi connectivity index (χ1) is 5.98. The minimum absolute atomic E-state index is 0.558. The maximum atomic E-state index is 2.81. The van der Waals surface area contributed by atoms with Crippen molar-refractivity contribution in [1.29, 1.82) is 0 Å². The van der Waals surface area contributed by atoms with Crippen molar-refractivity contribution in [1.82, 2.24) is 4.23 Å². The molecule has 3 heteroatoms. The van der Waals surface area contributed by atoms with Crippen LogP contribution in [0.15, 0.2) is 0 Å². The zero-order valence-electron chi connectivity index (χ0n) is 10.4. The molecule has 0 unspecified atom stereocenters. The number of hydrogen-bond acceptors (Lipinski definition) is 1. The lowest BCUT2D eigenvalue weighted by molar-refractivity contribution is 0.732. The minimum atomic E-state index is -1.02. The summed E-state index contributed by atoms with van der Waals surface area (Å²) in [7, 11) is 0.805. The molecule has 0 aliphatic carbocycles. The van der Waals surface area contributed by atoms with Crippen molar-refractivity contribution in [2.45, 2.75) is 58.4 Å². The maximum Gasteiger partial charge on any atom is 0.118 e. The summed E-state index contributed by atoms with van der Waals surface area (Å²) in [6.07, 6.45) is 2.74. The van der Waals surface area contributed by atoms with Crippen LogP contribution in [-0.4, -0.2) is 28.5 Å². The lowest BCUT2D eigenvalue weighted by Crippen LogP contribution is -2.53. The largest absolute Gasteiger partial charge is 0.351 e. The van der Waals surface area contributed by atoms with Gasteiger partial charge in [0.1, 0.15) is 8.24 Å².